The first-order valence-corrected chi connectivity index (χ1v) is 7.25. The molecule has 0 radical (unpaired) electrons. The van der Waals surface area contributed by atoms with Crippen LogP contribution in [0.3, 0.4) is 0 Å². The molecule has 0 spiro atoms. The van der Waals surface area contributed by atoms with Crippen molar-refractivity contribution >= 4 is 21.2 Å². The Kier molecular flexibility index (Phi) is 11.2. The van der Waals surface area contributed by atoms with Crippen LogP contribution in [-0.4, -0.2) is 56.7 Å². The van der Waals surface area contributed by atoms with Gasteiger partial charge >= 0.3 is 59.1 Å². The topological polar surface area (TPSA) is 127 Å². The van der Waals surface area contributed by atoms with Crippen molar-refractivity contribution in [3.05, 3.63) is 0 Å². The van der Waals surface area contributed by atoms with Gasteiger partial charge in [0.2, 0.25) is 0 Å². The van der Waals surface area contributed by atoms with Gasteiger partial charge in [0, 0.05) is 18.3 Å². The van der Waals surface area contributed by atoms with E-state index in [1.807, 2.05) is 0 Å². The van der Waals surface area contributed by atoms with Gasteiger partial charge in [0.05, 0.1) is 28.1 Å². The Morgan fingerprint density at radius 2 is 2.00 bits per heavy atom. The van der Waals surface area contributed by atoms with Crippen molar-refractivity contribution < 1.29 is 90.7 Å². The summed E-state index contributed by atoms with van der Waals surface area (Å²) < 4.78 is 57.8. The summed E-state index contributed by atoms with van der Waals surface area (Å²) in [6.07, 6.45) is -0.0653. The van der Waals surface area contributed by atoms with Crippen LogP contribution >= 0.6 is 0 Å². The maximum atomic E-state index is 10.8. The van der Waals surface area contributed by atoms with E-state index in [0.29, 0.717) is 6.61 Å². The molecular formula is C7H12Na2O7S2. The number of hydrogen-bond donors (Lipinski definition) is 1. The fourth-order valence-electron chi connectivity index (χ4n) is 1.59. The van der Waals surface area contributed by atoms with E-state index in [1.165, 1.54) is 0 Å². The SMILES string of the molecule is O=S([O-])C(CC1(O)CCOC1)CS(=O)(=O)[O-].[Na+].[Na+]. The van der Waals surface area contributed by atoms with Gasteiger partial charge in [0.1, 0.15) is 0 Å². The summed E-state index contributed by atoms with van der Waals surface area (Å²) in [5, 5.41) is 8.42. The predicted octanol–water partition coefficient (Wildman–Crippen LogP) is -7.67. The smallest absolute Gasteiger partial charge is 0.772 e. The molecule has 1 fully saturated rings. The maximum Gasteiger partial charge on any atom is 1.00 e. The Hall–Kier alpha value is 1.94. The van der Waals surface area contributed by atoms with Crippen LogP contribution in [0.2, 0.25) is 0 Å². The van der Waals surface area contributed by atoms with E-state index in [1.54, 1.807) is 0 Å². The number of hydrogen-bond acceptors (Lipinski definition) is 7. The fraction of sp³-hybridized carbons (Fsp3) is 1.00. The van der Waals surface area contributed by atoms with Gasteiger partial charge in [-0.2, -0.15) is 0 Å². The largest absolute Gasteiger partial charge is 1.00 e. The average Bonchev–Trinajstić information content (AvgIpc) is 2.48. The van der Waals surface area contributed by atoms with Crippen LogP contribution in [0.5, 0.6) is 0 Å². The molecule has 96 valence electrons. The Morgan fingerprint density at radius 1 is 1.44 bits per heavy atom. The van der Waals surface area contributed by atoms with Gasteiger partial charge in [-0.15, -0.1) is 0 Å². The third kappa shape index (κ3) is 8.28. The molecule has 0 saturated carbocycles. The zero-order valence-electron chi connectivity index (χ0n) is 10.3. The molecule has 0 aliphatic carbocycles. The minimum absolute atomic E-state index is 0. The molecule has 0 bridgehead atoms. The molecule has 11 heteroatoms. The molecule has 0 aromatic carbocycles. The first-order valence-electron chi connectivity index (χ1n) is 4.54. The van der Waals surface area contributed by atoms with Crippen molar-refractivity contribution in [2.45, 2.75) is 23.7 Å². The third-order valence-corrected chi connectivity index (χ3v) is 4.25. The zero-order valence-corrected chi connectivity index (χ0v) is 16.0. The van der Waals surface area contributed by atoms with Gasteiger partial charge in [0.25, 0.3) is 0 Å². The fourth-order valence-corrected chi connectivity index (χ4v) is 3.56. The molecule has 7 nitrogen and oxygen atoms in total. The number of aliphatic hydroxyl groups is 1. The minimum atomic E-state index is -4.63. The molecule has 1 rings (SSSR count). The van der Waals surface area contributed by atoms with E-state index < -0.39 is 37.8 Å². The first kappa shape index (κ1) is 22.2. The minimum Gasteiger partial charge on any atom is -0.772 e. The van der Waals surface area contributed by atoms with E-state index in [-0.39, 0.29) is 78.6 Å². The second kappa shape index (κ2) is 9.06. The third-order valence-electron chi connectivity index (χ3n) is 2.35. The summed E-state index contributed by atoms with van der Waals surface area (Å²) in [5.74, 6) is -1.02. The molecule has 1 saturated heterocycles. The summed E-state index contributed by atoms with van der Waals surface area (Å²) in [4.78, 5) is 0. The van der Waals surface area contributed by atoms with Gasteiger partial charge in [-0.25, -0.2) is 8.42 Å². The first-order chi connectivity index (χ1) is 7.22. The van der Waals surface area contributed by atoms with Crippen LogP contribution in [0.1, 0.15) is 12.8 Å². The van der Waals surface area contributed by atoms with Crippen LogP contribution in [-0.2, 0) is 25.9 Å². The van der Waals surface area contributed by atoms with Gasteiger partial charge in [-0.1, -0.05) is 11.1 Å². The van der Waals surface area contributed by atoms with E-state index in [0.717, 1.165) is 0 Å². The van der Waals surface area contributed by atoms with Crippen molar-refractivity contribution in [1.82, 2.24) is 0 Å². The summed E-state index contributed by atoms with van der Waals surface area (Å²) in [5.41, 5.74) is -1.35. The zero-order chi connectivity index (χ0) is 12.4. The molecule has 18 heavy (non-hydrogen) atoms. The molecule has 1 N–H and O–H groups in total. The van der Waals surface area contributed by atoms with Crippen molar-refractivity contribution in [3.8, 4) is 0 Å². The van der Waals surface area contributed by atoms with Crippen LogP contribution < -0.4 is 59.1 Å². The monoisotopic (exact) mass is 318 g/mol. The molecular weight excluding hydrogens is 306 g/mol. The second-order valence-electron chi connectivity index (χ2n) is 3.84. The van der Waals surface area contributed by atoms with Crippen LogP contribution in [0.4, 0.5) is 0 Å². The summed E-state index contributed by atoms with van der Waals surface area (Å²) in [7, 11) is -4.63. The van der Waals surface area contributed by atoms with Gasteiger partial charge in [0.15, 0.2) is 0 Å². The molecule has 1 heterocycles. The summed E-state index contributed by atoms with van der Waals surface area (Å²) >= 11 is -2.72. The Balaban J connectivity index is 0. The molecule has 0 aromatic rings. The molecule has 0 amide bonds. The van der Waals surface area contributed by atoms with E-state index >= 15 is 0 Å². The summed E-state index contributed by atoms with van der Waals surface area (Å²) in [6.45, 7) is 0.248. The maximum absolute atomic E-state index is 10.8. The number of rotatable bonds is 5. The van der Waals surface area contributed by atoms with E-state index in [4.69, 9.17) is 4.74 Å². The summed E-state index contributed by atoms with van der Waals surface area (Å²) in [6, 6.07) is 0. The van der Waals surface area contributed by atoms with Gasteiger partial charge in [-0.05, 0) is 6.42 Å². The Labute approximate surface area is 153 Å². The van der Waals surface area contributed by atoms with Crippen LogP contribution in [0.25, 0.3) is 0 Å². The number of ether oxygens (including phenoxy) is 1. The molecule has 0 aromatic heterocycles. The Bertz CT molecular complexity index is 366. The van der Waals surface area contributed by atoms with E-state index in [9.17, 15) is 26.8 Å². The van der Waals surface area contributed by atoms with Crippen molar-refractivity contribution in [2.24, 2.45) is 0 Å². The standard InChI is InChI=1S/C7H14O7S2.2Na/c8-7(1-2-14-5-7)3-6(15(9)10)4-16(11,12)13;;/h6,8H,1-5H2,(H,9,10)(H,11,12,13);;/q;2*+1/p-2. The molecule has 3 atom stereocenters. The van der Waals surface area contributed by atoms with Crippen molar-refractivity contribution in [1.29, 1.82) is 0 Å². The predicted molar refractivity (Wildman–Crippen MR) is 52.3 cm³/mol. The quantitative estimate of drug-likeness (QED) is 0.303. The average molecular weight is 318 g/mol. The van der Waals surface area contributed by atoms with Crippen LogP contribution in [0, 0.1) is 0 Å². The normalized spacial score (nSPS) is 26.8. The van der Waals surface area contributed by atoms with Crippen LogP contribution in [0.15, 0.2) is 0 Å². The van der Waals surface area contributed by atoms with E-state index in [2.05, 4.69) is 0 Å². The van der Waals surface area contributed by atoms with Crippen molar-refractivity contribution in [2.75, 3.05) is 19.0 Å². The molecule has 3 unspecified atom stereocenters. The van der Waals surface area contributed by atoms with Gasteiger partial charge < -0.3 is 18.9 Å². The van der Waals surface area contributed by atoms with Gasteiger partial charge in [-0.3, -0.25) is 4.21 Å². The molecule has 1 aliphatic heterocycles. The Morgan fingerprint density at radius 3 is 2.33 bits per heavy atom. The molecule has 1 aliphatic rings. The second-order valence-corrected chi connectivity index (χ2v) is 6.47. The van der Waals surface area contributed by atoms with Crippen molar-refractivity contribution in [3.63, 3.8) is 0 Å².